The number of likely N-dealkylation sites (tertiary alicyclic amines) is 1. The molecule has 3 aromatic rings. The second-order valence-corrected chi connectivity index (χ2v) is 9.13. The molecule has 1 aliphatic carbocycles. The molecule has 4 atom stereocenters. The molecule has 0 unspecified atom stereocenters. The third kappa shape index (κ3) is 4.22. The fourth-order valence-electron chi connectivity index (χ4n) is 5.46. The van der Waals surface area contributed by atoms with Gasteiger partial charge in [0.15, 0.2) is 0 Å². The van der Waals surface area contributed by atoms with E-state index < -0.39 is 6.10 Å². The number of nitrogens with zero attached hydrogens (tertiary/aromatic N) is 4. The van der Waals surface area contributed by atoms with Crippen LogP contribution in [0.15, 0.2) is 55.1 Å². The Morgan fingerprint density at radius 1 is 1.06 bits per heavy atom. The lowest BCUT2D eigenvalue weighted by Gasteiger charge is -2.36. The quantitative estimate of drug-likeness (QED) is 0.621. The van der Waals surface area contributed by atoms with E-state index in [9.17, 15) is 9.90 Å². The number of carbonyl (C=O) groups excluding carboxylic acids is 1. The van der Waals surface area contributed by atoms with Crippen molar-refractivity contribution in [2.45, 2.75) is 50.7 Å². The molecule has 0 radical (unpaired) electrons. The lowest BCUT2D eigenvalue weighted by molar-refractivity contribution is -0.130. The number of benzene rings is 1. The number of aromatic nitrogens is 3. The Kier molecular flexibility index (Phi) is 5.72. The minimum Gasteiger partial charge on any atom is -0.391 e. The summed E-state index contributed by atoms with van der Waals surface area (Å²) in [6.45, 7) is 1.61. The molecule has 6 heteroatoms. The highest BCUT2D eigenvalue weighted by Crippen LogP contribution is 2.42. The van der Waals surface area contributed by atoms with E-state index in [2.05, 4.69) is 26.7 Å². The largest absolute Gasteiger partial charge is 0.391 e. The van der Waals surface area contributed by atoms with Gasteiger partial charge in [-0.2, -0.15) is 0 Å². The van der Waals surface area contributed by atoms with E-state index in [0.29, 0.717) is 18.3 Å². The number of amides is 1. The first-order chi connectivity index (χ1) is 15.2. The van der Waals surface area contributed by atoms with Crippen molar-refractivity contribution < 1.29 is 9.90 Å². The predicted octanol–water partition coefficient (Wildman–Crippen LogP) is 3.61. The van der Waals surface area contributed by atoms with Crippen LogP contribution in [0.1, 0.15) is 43.7 Å². The maximum atomic E-state index is 12.8. The van der Waals surface area contributed by atoms with Crippen LogP contribution < -0.4 is 0 Å². The first kappa shape index (κ1) is 20.2. The van der Waals surface area contributed by atoms with Gasteiger partial charge in [-0.05, 0) is 67.7 Å². The van der Waals surface area contributed by atoms with E-state index in [1.54, 1.807) is 6.20 Å². The van der Waals surface area contributed by atoms with Gasteiger partial charge in [-0.15, -0.1) is 0 Å². The van der Waals surface area contributed by atoms with Crippen LogP contribution in [0.5, 0.6) is 0 Å². The second kappa shape index (κ2) is 8.79. The van der Waals surface area contributed by atoms with Crippen molar-refractivity contribution in [2.75, 3.05) is 13.1 Å². The molecule has 1 aromatic carbocycles. The van der Waals surface area contributed by atoms with E-state index >= 15 is 0 Å². The summed E-state index contributed by atoms with van der Waals surface area (Å²) in [5.41, 5.74) is 3.27. The highest BCUT2D eigenvalue weighted by Gasteiger charge is 2.43. The molecular formula is C25H30N4O2. The van der Waals surface area contributed by atoms with Crippen molar-refractivity contribution in [3.63, 3.8) is 0 Å². The summed E-state index contributed by atoms with van der Waals surface area (Å²) in [6.07, 6.45) is 10.3. The van der Waals surface area contributed by atoms with Crippen LogP contribution >= 0.6 is 0 Å². The molecule has 0 bridgehead atoms. The smallest absolute Gasteiger partial charge is 0.222 e. The van der Waals surface area contributed by atoms with Crippen LogP contribution in [0, 0.1) is 11.8 Å². The summed E-state index contributed by atoms with van der Waals surface area (Å²) in [4.78, 5) is 23.5. The van der Waals surface area contributed by atoms with Crippen molar-refractivity contribution >= 4 is 16.9 Å². The summed E-state index contributed by atoms with van der Waals surface area (Å²) in [7, 11) is 0. The summed E-state index contributed by atoms with van der Waals surface area (Å²) < 4.78 is 2.14. The first-order valence-corrected chi connectivity index (χ1v) is 11.5. The number of hydrogen-bond acceptors (Lipinski definition) is 4. The molecule has 2 aromatic heterocycles. The number of aryl methyl sites for hydroxylation is 1. The maximum absolute atomic E-state index is 12.8. The van der Waals surface area contributed by atoms with Gasteiger partial charge in [-0.25, -0.2) is 4.98 Å². The number of rotatable bonds is 6. The van der Waals surface area contributed by atoms with Gasteiger partial charge in [0.1, 0.15) is 0 Å². The zero-order chi connectivity index (χ0) is 21.2. The predicted molar refractivity (Wildman–Crippen MR) is 119 cm³/mol. The Labute approximate surface area is 182 Å². The van der Waals surface area contributed by atoms with Crippen molar-refractivity contribution in [3.05, 3.63) is 60.7 Å². The van der Waals surface area contributed by atoms with E-state index in [1.165, 1.54) is 5.56 Å². The van der Waals surface area contributed by atoms with Gasteiger partial charge in [0, 0.05) is 31.9 Å². The average molecular weight is 419 g/mol. The van der Waals surface area contributed by atoms with Crippen molar-refractivity contribution in [2.24, 2.45) is 11.8 Å². The number of imidazole rings is 1. The lowest BCUT2D eigenvalue weighted by atomic mass is 9.77. The number of fused-ring (bicyclic) bond motifs is 2. The Hall–Kier alpha value is -2.73. The molecule has 2 fully saturated rings. The molecule has 0 spiro atoms. The second-order valence-electron chi connectivity index (χ2n) is 9.13. The first-order valence-electron chi connectivity index (χ1n) is 11.5. The van der Waals surface area contributed by atoms with E-state index in [1.807, 2.05) is 41.7 Å². The number of para-hydroxylation sites is 2. The van der Waals surface area contributed by atoms with Gasteiger partial charge in [-0.1, -0.05) is 18.2 Å². The molecule has 1 aliphatic heterocycles. The summed E-state index contributed by atoms with van der Waals surface area (Å²) in [5, 5.41) is 10.9. The molecule has 5 rings (SSSR count). The Balaban J connectivity index is 1.16. The molecule has 1 amide bonds. The number of aliphatic hydroxyl groups excluding tert-OH is 1. The van der Waals surface area contributed by atoms with Gasteiger partial charge in [0.05, 0.1) is 29.5 Å². The minimum absolute atomic E-state index is 0.0307. The van der Waals surface area contributed by atoms with E-state index in [0.717, 1.165) is 56.2 Å². The monoisotopic (exact) mass is 418 g/mol. The molecule has 1 saturated carbocycles. The molecule has 162 valence electrons. The number of unbranched alkanes of at least 4 members (excludes halogenated alkanes) is 1. The number of aliphatic hydroxyl groups is 1. The van der Waals surface area contributed by atoms with E-state index in [4.69, 9.17) is 0 Å². The lowest BCUT2D eigenvalue weighted by Crippen LogP contribution is -2.36. The zero-order valence-corrected chi connectivity index (χ0v) is 17.8. The summed E-state index contributed by atoms with van der Waals surface area (Å²) >= 11 is 0. The Morgan fingerprint density at radius 2 is 1.90 bits per heavy atom. The van der Waals surface area contributed by atoms with Gasteiger partial charge in [0.2, 0.25) is 5.91 Å². The van der Waals surface area contributed by atoms with Crippen LogP contribution in [0.2, 0.25) is 0 Å². The maximum Gasteiger partial charge on any atom is 0.222 e. The third-order valence-corrected chi connectivity index (χ3v) is 7.13. The molecule has 1 N–H and O–H groups in total. The van der Waals surface area contributed by atoms with Crippen LogP contribution in [-0.2, 0) is 11.2 Å². The molecule has 6 nitrogen and oxygen atoms in total. The van der Waals surface area contributed by atoms with Gasteiger partial charge < -0.3 is 14.6 Å². The Morgan fingerprint density at radius 3 is 2.74 bits per heavy atom. The van der Waals surface area contributed by atoms with Crippen LogP contribution in [0.4, 0.5) is 0 Å². The molecule has 2 aliphatic rings. The zero-order valence-electron chi connectivity index (χ0n) is 17.8. The molecule has 31 heavy (non-hydrogen) atoms. The van der Waals surface area contributed by atoms with Gasteiger partial charge in [0.25, 0.3) is 0 Å². The van der Waals surface area contributed by atoms with Crippen molar-refractivity contribution in [1.29, 1.82) is 0 Å². The molecular weight excluding hydrogens is 388 g/mol. The topological polar surface area (TPSA) is 71.2 Å². The van der Waals surface area contributed by atoms with Gasteiger partial charge in [-0.3, -0.25) is 9.78 Å². The van der Waals surface area contributed by atoms with Crippen molar-refractivity contribution in [3.8, 4) is 0 Å². The fourth-order valence-corrected chi connectivity index (χ4v) is 5.46. The SMILES string of the molecule is O=C(CCCCc1cccnc1)N1C[C@H]2C[C@@H](n3cnc4ccccc43)[C@H](O)C[C@H]2C1. The van der Waals surface area contributed by atoms with Crippen LogP contribution in [0.3, 0.4) is 0 Å². The Bertz CT molecular complexity index is 1030. The van der Waals surface area contributed by atoms with Crippen LogP contribution in [-0.4, -0.2) is 49.6 Å². The number of carbonyl (C=O) groups is 1. The molecule has 1 saturated heterocycles. The van der Waals surface area contributed by atoms with Crippen LogP contribution in [0.25, 0.3) is 11.0 Å². The normalized spacial score (nSPS) is 25.6. The summed E-state index contributed by atoms with van der Waals surface area (Å²) in [6, 6.07) is 12.2. The average Bonchev–Trinajstić information content (AvgIpc) is 3.40. The molecule has 3 heterocycles. The summed E-state index contributed by atoms with van der Waals surface area (Å²) in [5.74, 6) is 1.12. The number of hydrogen-bond donors (Lipinski definition) is 1. The highest BCUT2D eigenvalue weighted by atomic mass is 16.3. The van der Waals surface area contributed by atoms with Crippen molar-refractivity contribution in [1.82, 2.24) is 19.4 Å². The van der Waals surface area contributed by atoms with E-state index in [-0.39, 0.29) is 11.9 Å². The number of pyridine rings is 1. The highest BCUT2D eigenvalue weighted by molar-refractivity contribution is 5.76. The fraction of sp³-hybridized carbons (Fsp3) is 0.480. The third-order valence-electron chi connectivity index (χ3n) is 7.13. The standard InChI is InChI=1S/C25H30N4O2/c30-24-13-20-16-28(25(31)10-4-1-6-18-7-5-11-26-14-18)15-19(20)12-23(24)29-17-27-21-8-2-3-9-22(21)29/h2-3,5,7-9,11,14,17,19-20,23-24,30H,1,4,6,10,12-13,15-16H2/t19-,20+,23-,24-/m1/s1. The minimum atomic E-state index is -0.395. The van der Waals surface area contributed by atoms with Gasteiger partial charge >= 0.3 is 0 Å².